The smallest absolute Gasteiger partial charge is 0.326 e. The number of nitrogens with zero attached hydrogens (tertiary/aromatic N) is 1. The van der Waals surface area contributed by atoms with E-state index in [1.165, 1.54) is 11.3 Å². The summed E-state index contributed by atoms with van der Waals surface area (Å²) in [6.07, 6.45) is 0.474. The Hall–Kier alpha value is -2.78. The molecule has 33 heavy (non-hydrogen) atoms. The van der Waals surface area contributed by atoms with Crippen molar-refractivity contribution in [2.24, 2.45) is 11.3 Å². The number of benzene rings is 1. The van der Waals surface area contributed by atoms with Crippen LogP contribution in [-0.4, -0.2) is 46.9 Å². The van der Waals surface area contributed by atoms with Crippen LogP contribution in [0.3, 0.4) is 0 Å². The van der Waals surface area contributed by atoms with Gasteiger partial charge in [-0.15, -0.1) is 11.3 Å². The van der Waals surface area contributed by atoms with Crippen LogP contribution in [0.1, 0.15) is 46.7 Å². The van der Waals surface area contributed by atoms with Gasteiger partial charge in [-0.1, -0.05) is 44.2 Å². The number of thiazole rings is 1. The van der Waals surface area contributed by atoms with Crippen molar-refractivity contribution in [3.05, 3.63) is 41.4 Å². The van der Waals surface area contributed by atoms with Crippen LogP contribution < -0.4 is 5.32 Å². The van der Waals surface area contributed by atoms with Crippen LogP contribution in [0.4, 0.5) is 0 Å². The van der Waals surface area contributed by atoms with E-state index >= 15 is 0 Å². The highest BCUT2D eigenvalue weighted by molar-refractivity contribution is 7.13. The molecule has 0 saturated carbocycles. The number of carbonyl (C=O) groups excluding carboxylic acids is 2. The third-order valence-corrected chi connectivity index (χ3v) is 5.62. The molecule has 1 aromatic carbocycles. The summed E-state index contributed by atoms with van der Waals surface area (Å²) in [7, 11) is 0. The van der Waals surface area contributed by atoms with Gasteiger partial charge in [-0.3, -0.25) is 19.7 Å². The molecule has 2 N–H and O–H groups in total. The number of aliphatic carboxylic acids is 1. The van der Waals surface area contributed by atoms with Gasteiger partial charge in [-0.25, -0.2) is 4.98 Å². The van der Waals surface area contributed by atoms with Gasteiger partial charge >= 0.3 is 17.9 Å². The standard InChI is InChI=1S/C24H32N2O6S/c1-15(2)11-18(21(27)28)26-19(22(29)31-14-32-23(30)24(3,4)5)12-17-13-33-20(25-17)16-9-7-6-8-10-16/h6-10,13,15,18-19,26H,11-12,14H2,1-5H3,(H,27,28)/t18-,19-/m0/s1. The average Bonchev–Trinajstić information content (AvgIpc) is 3.20. The van der Waals surface area contributed by atoms with Gasteiger partial charge in [0.2, 0.25) is 6.79 Å². The number of ether oxygens (including phenoxy) is 2. The maximum absolute atomic E-state index is 12.8. The van der Waals surface area contributed by atoms with E-state index in [0.29, 0.717) is 12.1 Å². The van der Waals surface area contributed by atoms with Crippen molar-refractivity contribution in [2.45, 2.75) is 59.5 Å². The Labute approximate surface area is 198 Å². The lowest BCUT2D eigenvalue weighted by Gasteiger charge is -2.23. The van der Waals surface area contributed by atoms with Crippen LogP contribution in [0.15, 0.2) is 35.7 Å². The molecule has 2 atom stereocenters. The molecular weight excluding hydrogens is 444 g/mol. The van der Waals surface area contributed by atoms with Gasteiger partial charge < -0.3 is 14.6 Å². The summed E-state index contributed by atoms with van der Waals surface area (Å²) in [4.78, 5) is 41.1. The molecular formula is C24H32N2O6S. The van der Waals surface area contributed by atoms with Gasteiger partial charge in [-0.05, 0) is 33.1 Å². The Balaban J connectivity index is 2.14. The molecule has 0 saturated heterocycles. The summed E-state index contributed by atoms with van der Waals surface area (Å²) >= 11 is 1.44. The van der Waals surface area contributed by atoms with E-state index in [9.17, 15) is 19.5 Å². The first kappa shape index (κ1) is 26.5. The molecule has 180 valence electrons. The summed E-state index contributed by atoms with van der Waals surface area (Å²) in [5, 5.41) is 15.1. The van der Waals surface area contributed by atoms with Crippen LogP contribution in [-0.2, 0) is 30.3 Å². The van der Waals surface area contributed by atoms with Crippen LogP contribution in [0.25, 0.3) is 10.6 Å². The zero-order valence-electron chi connectivity index (χ0n) is 19.7. The molecule has 2 aromatic rings. The van der Waals surface area contributed by atoms with Crippen LogP contribution in [0.2, 0.25) is 0 Å². The Bertz CT molecular complexity index is 936. The van der Waals surface area contributed by atoms with Crippen LogP contribution in [0.5, 0.6) is 0 Å². The molecule has 0 aliphatic heterocycles. The Kier molecular flexibility index (Phi) is 9.55. The van der Waals surface area contributed by atoms with E-state index in [2.05, 4.69) is 10.3 Å². The van der Waals surface area contributed by atoms with Crippen molar-refractivity contribution < 1.29 is 29.0 Å². The highest BCUT2D eigenvalue weighted by atomic mass is 32.1. The Morgan fingerprint density at radius 2 is 1.76 bits per heavy atom. The summed E-state index contributed by atoms with van der Waals surface area (Å²) in [6.45, 7) is 8.35. The quantitative estimate of drug-likeness (QED) is 0.371. The third-order valence-electron chi connectivity index (χ3n) is 4.68. The van der Waals surface area contributed by atoms with Gasteiger partial charge in [0.05, 0.1) is 11.1 Å². The normalized spacial score (nSPS) is 13.4. The van der Waals surface area contributed by atoms with E-state index in [4.69, 9.17) is 9.47 Å². The topological polar surface area (TPSA) is 115 Å². The van der Waals surface area contributed by atoms with E-state index in [1.54, 1.807) is 20.8 Å². The van der Waals surface area contributed by atoms with Crippen molar-refractivity contribution in [1.82, 2.24) is 10.3 Å². The first-order valence-electron chi connectivity index (χ1n) is 10.8. The number of carbonyl (C=O) groups is 3. The number of carboxylic acid groups (broad SMARTS) is 1. The monoisotopic (exact) mass is 476 g/mol. The fraction of sp³-hybridized carbons (Fsp3) is 0.500. The zero-order valence-corrected chi connectivity index (χ0v) is 20.5. The van der Waals surface area contributed by atoms with E-state index in [-0.39, 0.29) is 12.3 Å². The molecule has 0 aliphatic rings. The molecule has 0 radical (unpaired) electrons. The summed E-state index contributed by atoms with van der Waals surface area (Å²) in [6, 6.07) is 7.73. The zero-order chi connectivity index (χ0) is 24.6. The largest absolute Gasteiger partial charge is 0.480 e. The lowest BCUT2D eigenvalue weighted by molar-refractivity contribution is -0.174. The first-order chi connectivity index (χ1) is 15.5. The van der Waals surface area contributed by atoms with Crippen LogP contribution >= 0.6 is 11.3 Å². The fourth-order valence-electron chi connectivity index (χ4n) is 2.95. The molecule has 0 bridgehead atoms. The van der Waals surface area contributed by atoms with Gasteiger partial charge in [0.15, 0.2) is 0 Å². The predicted molar refractivity (Wildman–Crippen MR) is 126 cm³/mol. The molecule has 0 unspecified atom stereocenters. The molecule has 1 aromatic heterocycles. The SMILES string of the molecule is CC(C)C[C@H](N[C@@H](Cc1csc(-c2ccccc2)n1)C(=O)OCOC(=O)C(C)(C)C)C(=O)O. The van der Waals surface area contributed by atoms with Gasteiger partial charge in [0.1, 0.15) is 17.1 Å². The molecule has 0 amide bonds. The van der Waals surface area contributed by atoms with E-state index in [1.807, 2.05) is 49.6 Å². The maximum Gasteiger partial charge on any atom is 0.326 e. The van der Waals surface area contributed by atoms with Crippen molar-refractivity contribution in [2.75, 3.05) is 6.79 Å². The van der Waals surface area contributed by atoms with Crippen molar-refractivity contribution in [1.29, 1.82) is 0 Å². The third kappa shape index (κ3) is 8.58. The van der Waals surface area contributed by atoms with E-state index in [0.717, 1.165) is 10.6 Å². The van der Waals surface area contributed by atoms with Gasteiger partial charge in [-0.2, -0.15) is 0 Å². The highest BCUT2D eigenvalue weighted by Crippen LogP contribution is 2.24. The second-order valence-electron chi connectivity index (χ2n) is 9.22. The number of esters is 2. The first-order valence-corrected chi connectivity index (χ1v) is 11.7. The Morgan fingerprint density at radius 3 is 2.33 bits per heavy atom. The fourth-order valence-corrected chi connectivity index (χ4v) is 3.78. The average molecular weight is 477 g/mol. The maximum atomic E-state index is 12.8. The minimum absolute atomic E-state index is 0.104. The number of hydrogen-bond donors (Lipinski definition) is 2. The van der Waals surface area contributed by atoms with Crippen molar-refractivity contribution in [3.63, 3.8) is 0 Å². The second kappa shape index (κ2) is 11.9. The number of rotatable bonds is 11. The molecule has 0 aliphatic carbocycles. The predicted octanol–water partition coefficient (Wildman–Crippen LogP) is 3.90. The number of nitrogens with one attached hydrogen (secondary N) is 1. The summed E-state index contributed by atoms with van der Waals surface area (Å²) < 4.78 is 10.2. The molecule has 0 fully saturated rings. The lowest BCUT2D eigenvalue weighted by Crippen LogP contribution is -2.49. The molecule has 9 heteroatoms. The molecule has 0 spiro atoms. The minimum Gasteiger partial charge on any atom is -0.480 e. The Morgan fingerprint density at radius 1 is 1.09 bits per heavy atom. The number of hydrogen-bond acceptors (Lipinski definition) is 8. The minimum atomic E-state index is -1.05. The van der Waals surface area contributed by atoms with Crippen LogP contribution in [0, 0.1) is 11.3 Å². The molecule has 8 nitrogen and oxygen atoms in total. The molecule has 1 heterocycles. The summed E-state index contributed by atoms with van der Waals surface area (Å²) in [5.74, 6) is -2.16. The summed E-state index contributed by atoms with van der Waals surface area (Å²) in [5.41, 5.74) is 0.858. The second-order valence-corrected chi connectivity index (χ2v) is 10.1. The lowest BCUT2D eigenvalue weighted by atomic mass is 9.98. The van der Waals surface area contributed by atoms with Gasteiger partial charge in [0, 0.05) is 17.4 Å². The van der Waals surface area contributed by atoms with Gasteiger partial charge in [0.25, 0.3) is 0 Å². The van der Waals surface area contributed by atoms with Crippen molar-refractivity contribution in [3.8, 4) is 10.6 Å². The van der Waals surface area contributed by atoms with E-state index < -0.39 is 42.2 Å². The highest BCUT2D eigenvalue weighted by Gasteiger charge is 2.30. The number of aromatic nitrogens is 1. The molecule has 2 rings (SSSR count). The number of carboxylic acids is 1. The van der Waals surface area contributed by atoms with Crippen molar-refractivity contribution >= 4 is 29.2 Å².